The summed E-state index contributed by atoms with van der Waals surface area (Å²) in [5, 5.41) is 20.4. The lowest BCUT2D eigenvalue weighted by atomic mass is 9.96. The summed E-state index contributed by atoms with van der Waals surface area (Å²) in [6.07, 6.45) is -6.04. The van der Waals surface area contributed by atoms with Crippen molar-refractivity contribution in [3.8, 4) is 11.8 Å². The van der Waals surface area contributed by atoms with E-state index >= 15 is 0 Å². The van der Waals surface area contributed by atoms with Gasteiger partial charge in [-0.05, 0) is 13.0 Å². The largest absolute Gasteiger partial charge is 0.474 e. The summed E-state index contributed by atoms with van der Waals surface area (Å²) in [4.78, 5) is 11.2. The highest BCUT2D eigenvalue weighted by Gasteiger charge is 2.45. The SMILES string of the molecule is C[C@H]1O[C@H](COc2cnccn2)[C@H](Oc2cccc(C(F)(F)F)n2)[C@@H](O)[C@H]1O. The molecule has 1 aliphatic heterocycles. The normalized spacial score (nSPS) is 28.0. The van der Waals surface area contributed by atoms with Gasteiger partial charge in [0, 0.05) is 18.5 Å². The zero-order valence-corrected chi connectivity index (χ0v) is 14.7. The fourth-order valence-corrected chi connectivity index (χ4v) is 2.71. The molecule has 0 spiro atoms. The van der Waals surface area contributed by atoms with Crippen LogP contribution in [0.15, 0.2) is 36.8 Å². The lowest BCUT2D eigenvalue weighted by molar-refractivity contribution is -0.216. The van der Waals surface area contributed by atoms with Crippen LogP contribution >= 0.6 is 0 Å². The zero-order chi connectivity index (χ0) is 20.3. The van der Waals surface area contributed by atoms with E-state index in [0.29, 0.717) is 0 Å². The molecule has 152 valence electrons. The Morgan fingerprint density at radius 3 is 2.61 bits per heavy atom. The van der Waals surface area contributed by atoms with Crippen molar-refractivity contribution in [3.05, 3.63) is 42.5 Å². The molecule has 0 amide bonds. The second-order valence-electron chi connectivity index (χ2n) is 6.16. The average molecular weight is 401 g/mol. The highest BCUT2D eigenvalue weighted by atomic mass is 19.4. The van der Waals surface area contributed by atoms with Crippen molar-refractivity contribution in [2.45, 2.75) is 43.6 Å². The summed E-state index contributed by atoms with van der Waals surface area (Å²) in [5.41, 5.74) is -1.14. The van der Waals surface area contributed by atoms with Crippen molar-refractivity contribution in [2.75, 3.05) is 6.61 Å². The van der Waals surface area contributed by atoms with Gasteiger partial charge in [-0.1, -0.05) is 6.07 Å². The van der Waals surface area contributed by atoms with Gasteiger partial charge < -0.3 is 24.4 Å². The second kappa shape index (κ2) is 8.25. The van der Waals surface area contributed by atoms with E-state index in [1.165, 1.54) is 24.7 Å². The van der Waals surface area contributed by atoms with Crippen molar-refractivity contribution in [1.82, 2.24) is 15.0 Å². The molecule has 2 aromatic heterocycles. The van der Waals surface area contributed by atoms with Gasteiger partial charge in [-0.15, -0.1) is 0 Å². The molecule has 2 aromatic rings. The van der Waals surface area contributed by atoms with Crippen LogP contribution in [0.1, 0.15) is 12.6 Å². The predicted octanol–water partition coefficient (Wildman–Crippen LogP) is 1.23. The molecule has 0 bridgehead atoms. The van der Waals surface area contributed by atoms with Crippen LogP contribution in [-0.4, -0.2) is 62.3 Å². The van der Waals surface area contributed by atoms with Crippen molar-refractivity contribution < 1.29 is 37.6 Å². The summed E-state index contributed by atoms with van der Waals surface area (Å²) in [7, 11) is 0. The maximum Gasteiger partial charge on any atom is 0.433 e. The molecular weight excluding hydrogens is 383 g/mol. The lowest BCUT2D eigenvalue weighted by Gasteiger charge is -2.41. The van der Waals surface area contributed by atoms with Crippen LogP contribution in [-0.2, 0) is 10.9 Å². The Morgan fingerprint density at radius 2 is 1.93 bits per heavy atom. The monoisotopic (exact) mass is 401 g/mol. The summed E-state index contributed by atoms with van der Waals surface area (Å²) in [6, 6.07) is 3.14. The Kier molecular flexibility index (Phi) is 5.96. The fraction of sp³-hybridized carbons (Fsp3) is 0.471. The van der Waals surface area contributed by atoms with Gasteiger partial charge in [-0.2, -0.15) is 13.2 Å². The van der Waals surface area contributed by atoms with Crippen LogP contribution in [0.5, 0.6) is 11.8 Å². The Balaban J connectivity index is 1.78. The molecule has 0 saturated carbocycles. The first-order chi connectivity index (χ1) is 13.3. The van der Waals surface area contributed by atoms with Gasteiger partial charge in [-0.25, -0.2) is 9.97 Å². The molecule has 0 unspecified atom stereocenters. The quantitative estimate of drug-likeness (QED) is 0.771. The Labute approximate surface area is 157 Å². The highest BCUT2D eigenvalue weighted by Crippen LogP contribution is 2.30. The van der Waals surface area contributed by atoms with E-state index in [1.807, 2.05) is 0 Å². The van der Waals surface area contributed by atoms with E-state index in [4.69, 9.17) is 14.2 Å². The summed E-state index contributed by atoms with van der Waals surface area (Å²) < 4.78 is 55.1. The summed E-state index contributed by atoms with van der Waals surface area (Å²) in [6.45, 7) is 1.40. The molecule has 8 nitrogen and oxygen atoms in total. The van der Waals surface area contributed by atoms with E-state index in [9.17, 15) is 23.4 Å². The minimum Gasteiger partial charge on any atom is -0.474 e. The molecular formula is C17H18F3N3O5. The molecule has 28 heavy (non-hydrogen) atoms. The molecule has 2 N–H and O–H groups in total. The number of ether oxygens (including phenoxy) is 3. The number of halogens is 3. The maximum atomic E-state index is 12.9. The molecule has 1 fully saturated rings. The standard InChI is InChI=1S/C17H18F3N3O5/c1-9-14(24)15(25)16(10(27-9)8-26-13-7-21-5-6-22-13)28-12-4-2-3-11(23-12)17(18,19)20/h2-7,9-10,14-16,24-25H,8H2,1H3/t9-,10-,14+,15+,16+/m1/s1. The average Bonchev–Trinajstić information content (AvgIpc) is 2.67. The van der Waals surface area contributed by atoms with Crippen molar-refractivity contribution in [2.24, 2.45) is 0 Å². The number of pyridine rings is 1. The molecule has 3 heterocycles. The van der Waals surface area contributed by atoms with Gasteiger partial charge in [-0.3, -0.25) is 4.98 Å². The first kappa shape index (κ1) is 20.2. The minimum atomic E-state index is -4.65. The van der Waals surface area contributed by atoms with Crippen LogP contribution in [0.2, 0.25) is 0 Å². The van der Waals surface area contributed by atoms with E-state index in [1.54, 1.807) is 6.92 Å². The topological polar surface area (TPSA) is 107 Å². The predicted molar refractivity (Wildman–Crippen MR) is 87.5 cm³/mol. The summed E-state index contributed by atoms with van der Waals surface area (Å²) in [5.74, 6) is -0.177. The number of nitrogens with zero attached hydrogens (tertiary/aromatic N) is 3. The van der Waals surface area contributed by atoms with Gasteiger partial charge in [0.25, 0.3) is 0 Å². The molecule has 5 atom stereocenters. The van der Waals surface area contributed by atoms with E-state index in [0.717, 1.165) is 12.1 Å². The molecule has 0 radical (unpaired) electrons. The van der Waals surface area contributed by atoms with Gasteiger partial charge in [0.1, 0.15) is 30.6 Å². The number of hydrogen-bond acceptors (Lipinski definition) is 8. The molecule has 0 aromatic carbocycles. The Bertz CT molecular complexity index is 780. The third kappa shape index (κ3) is 4.66. The van der Waals surface area contributed by atoms with Gasteiger partial charge in [0.15, 0.2) is 6.10 Å². The molecule has 3 rings (SSSR count). The summed E-state index contributed by atoms with van der Waals surface area (Å²) >= 11 is 0. The number of aliphatic hydroxyl groups is 2. The number of aliphatic hydroxyl groups excluding tert-OH is 2. The number of rotatable bonds is 5. The highest BCUT2D eigenvalue weighted by molar-refractivity contribution is 5.18. The maximum absolute atomic E-state index is 12.9. The third-order valence-corrected chi connectivity index (χ3v) is 4.13. The van der Waals surface area contributed by atoms with Crippen molar-refractivity contribution in [1.29, 1.82) is 0 Å². The molecule has 1 saturated heterocycles. The van der Waals surface area contributed by atoms with Crippen LogP contribution in [0, 0.1) is 0 Å². The van der Waals surface area contributed by atoms with Gasteiger partial charge in [0.2, 0.25) is 11.8 Å². The Hall–Kier alpha value is -2.50. The first-order valence-electron chi connectivity index (χ1n) is 8.37. The molecule has 11 heteroatoms. The zero-order valence-electron chi connectivity index (χ0n) is 14.7. The molecule has 0 aliphatic carbocycles. The number of hydrogen-bond donors (Lipinski definition) is 2. The minimum absolute atomic E-state index is 0.142. The Morgan fingerprint density at radius 1 is 1.14 bits per heavy atom. The van der Waals surface area contributed by atoms with E-state index in [2.05, 4.69) is 15.0 Å². The van der Waals surface area contributed by atoms with E-state index in [-0.39, 0.29) is 18.4 Å². The van der Waals surface area contributed by atoms with Crippen molar-refractivity contribution >= 4 is 0 Å². The molecule has 1 aliphatic rings. The smallest absolute Gasteiger partial charge is 0.433 e. The van der Waals surface area contributed by atoms with Crippen LogP contribution in [0.4, 0.5) is 13.2 Å². The van der Waals surface area contributed by atoms with Gasteiger partial charge in [0.05, 0.1) is 12.3 Å². The lowest BCUT2D eigenvalue weighted by Crippen LogP contribution is -2.60. The van der Waals surface area contributed by atoms with Gasteiger partial charge >= 0.3 is 6.18 Å². The number of aromatic nitrogens is 3. The fourth-order valence-electron chi connectivity index (χ4n) is 2.71. The van der Waals surface area contributed by atoms with Crippen LogP contribution < -0.4 is 9.47 Å². The van der Waals surface area contributed by atoms with Crippen LogP contribution in [0.25, 0.3) is 0 Å². The number of alkyl halides is 3. The van der Waals surface area contributed by atoms with Crippen molar-refractivity contribution in [3.63, 3.8) is 0 Å². The van der Waals surface area contributed by atoms with Crippen LogP contribution in [0.3, 0.4) is 0 Å². The second-order valence-corrected chi connectivity index (χ2v) is 6.16. The third-order valence-electron chi connectivity index (χ3n) is 4.13. The first-order valence-corrected chi connectivity index (χ1v) is 8.37. The van der Waals surface area contributed by atoms with E-state index < -0.39 is 42.4 Å².